The molecule has 1 fully saturated rings. The lowest BCUT2D eigenvalue weighted by molar-refractivity contribution is -0.139. The third kappa shape index (κ3) is 6.44. The normalized spacial score (nSPS) is 14.9. The Morgan fingerprint density at radius 3 is 2.29 bits per heavy atom. The monoisotopic (exact) mass is 512 g/mol. The van der Waals surface area contributed by atoms with Crippen LogP contribution in [-0.2, 0) is 11.2 Å². The standard InChI is InChI=1S/C26H26Cl2N4O3/c27-20-4-3-5-21(28)24(20)25(33)31-22(26(34)35)16-17-7-9-19(10-8-17)32-14-11-18(12-15-32)30-23-6-1-2-13-29-23/h1-10,13,18,22H,11-12,14-16H2,(H,29,30)(H,31,33)(H,34,35)/t22-/m0/s1. The highest BCUT2D eigenvalue weighted by atomic mass is 35.5. The number of carboxylic acid groups (broad SMARTS) is 1. The first-order valence-corrected chi connectivity index (χ1v) is 12.2. The zero-order valence-electron chi connectivity index (χ0n) is 19.0. The fourth-order valence-corrected chi connectivity index (χ4v) is 4.73. The molecule has 7 nitrogen and oxygen atoms in total. The Hall–Kier alpha value is -3.29. The number of hydrogen-bond donors (Lipinski definition) is 3. The number of aliphatic carboxylic acids is 1. The molecule has 3 aromatic rings. The summed E-state index contributed by atoms with van der Waals surface area (Å²) in [5, 5.41) is 16.0. The average molecular weight is 513 g/mol. The first kappa shape index (κ1) is 24.8. The lowest BCUT2D eigenvalue weighted by Gasteiger charge is -2.34. The molecular weight excluding hydrogens is 487 g/mol. The van der Waals surface area contributed by atoms with E-state index >= 15 is 0 Å². The zero-order chi connectivity index (χ0) is 24.8. The van der Waals surface area contributed by atoms with Crippen LogP contribution in [0.4, 0.5) is 11.5 Å². The molecule has 0 spiro atoms. The molecule has 0 aliphatic carbocycles. The molecule has 0 saturated carbocycles. The van der Waals surface area contributed by atoms with Crippen LogP contribution in [-0.4, -0.2) is 47.1 Å². The van der Waals surface area contributed by atoms with Crippen molar-refractivity contribution in [1.29, 1.82) is 0 Å². The quantitative estimate of drug-likeness (QED) is 0.397. The van der Waals surface area contributed by atoms with Gasteiger partial charge in [-0.2, -0.15) is 0 Å². The van der Waals surface area contributed by atoms with Crippen molar-refractivity contribution in [2.45, 2.75) is 31.3 Å². The molecular formula is C26H26Cl2N4O3. The van der Waals surface area contributed by atoms with Gasteiger partial charge in [0.2, 0.25) is 0 Å². The van der Waals surface area contributed by atoms with Crippen LogP contribution >= 0.6 is 23.2 Å². The van der Waals surface area contributed by atoms with Crippen LogP contribution in [0.15, 0.2) is 66.9 Å². The van der Waals surface area contributed by atoms with Gasteiger partial charge >= 0.3 is 5.97 Å². The van der Waals surface area contributed by atoms with Crippen LogP contribution in [0.25, 0.3) is 0 Å². The van der Waals surface area contributed by atoms with Crippen molar-refractivity contribution in [2.24, 2.45) is 0 Å². The fraction of sp³-hybridized carbons (Fsp3) is 0.269. The Bertz CT molecular complexity index is 1150. The Balaban J connectivity index is 1.34. The molecule has 182 valence electrons. The van der Waals surface area contributed by atoms with Crippen LogP contribution < -0.4 is 15.5 Å². The number of nitrogens with zero attached hydrogens (tertiary/aromatic N) is 2. The van der Waals surface area contributed by atoms with E-state index in [0.29, 0.717) is 6.04 Å². The number of benzene rings is 2. The first-order valence-electron chi connectivity index (χ1n) is 11.4. The lowest BCUT2D eigenvalue weighted by Crippen LogP contribution is -2.42. The van der Waals surface area contributed by atoms with Crippen LogP contribution in [0.2, 0.25) is 10.0 Å². The topological polar surface area (TPSA) is 94.6 Å². The van der Waals surface area contributed by atoms with E-state index in [1.165, 1.54) is 12.1 Å². The summed E-state index contributed by atoms with van der Waals surface area (Å²) in [6.07, 6.45) is 3.91. The van der Waals surface area contributed by atoms with Crippen molar-refractivity contribution in [3.63, 3.8) is 0 Å². The Kier molecular flexibility index (Phi) is 8.10. The molecule has 3 N–H and O–H groups in total. The number of nitrogens with one attached hydrogen (secondary N) is 2. The number of piperidine rings is 1. The minimum atomic E-state index is -1.13. The summed E-state index contributed by atoms with van der Waals surface area (Å²) < 4.78 is 0. The second-order valence-electron chi connectivity index (χ2n) is 8.45. The summed E-state index contributed by atoms with van der Waals surface area (Å²) in [6.45, 7) is 1.83. The molecule has 0 bridgehead atoms. The van der Waals surface area contributed by atoms with Gasteiger partial charge in [0.15, 0.2) is 0 Å². The van der Waals surface area contributed by atoms with Gasteiger partial charge in [-0.25, -0.2) is 9.78 Å². The molecule has 2 heterocycles. The molecule has 1 aliphatic rings. The molecule has 1 saturated heterocycles. The Morgan fingerprint density at radius 1 is 1.00 bits per heavy atom. The van der Waals surface area contributed by atoms with Gasteiger partial charge in [-0.15, -0.1) is 0 Å². The third-order valence-corrected chi connectivity index (χ3v) is 6.68. The maximum atomic E-state index is 12.6. The summed E-state index contributed by atoms with van der Waals surface area (Å²) >= 11 is 12.2. The van der Waals surface area contributed by atoms with Gasteiger partial charge < -0.3 is 20.6 Å². The molecule has 1 atom stereocenters. The number of carboxylic acids is 1. The van der Waals surface area contributed by atoms with Gasteiger partial charge in [0.1, 0.15) is 11.9 Å². The predicted octanol–water partition coefficient (Wildman–Crippen LogP) is 4.90. The van der Waals surface area contributed by atoms with E-state index < -0.39 is 17.9 Å². The maximum absolute atomic E-state index is 12.6. The summed E-state index contributed by atoms with van der Waals surface area (Å²) in [7, 11) is 0. The van der Waals surface area contributed by atoms with Crippen molar-refractivity contribution < 1.29 is 14.7 Å². The van der Waals surface area contributed by atoms with E-state index in [9.17, 15) is 14.7 Å². The molecule has 1 aliphatic heterocycles. The highest BCUT2D eigenvalue weighted by Gasteiger charge is 2.24. The molecule has 1 amide bonds. The highest BCUT2D eigenvalue weighted by molar-refractivity contribution is 6.39. The van der Waals surface area contributed by atoms with E-state index in [1.54, 1.807) is 12.3 Å². The van der Waals surface area contributed by atoms with Crippen molar-refractivity contribution in [3.05, 3.63) is 88.0 Å². The number of amides is 1. The number of carbonyl (C=O) groups excluding carboxylic acids is 1. The Morgan fingerprint density at radius 2 is 1.69 bits per heavy atom. The maximum Gasteiger partial charge on any atom is 0.326 e. The first-order chi connectivity index (χ1) is 16.9. The van der Waals surface area contributed by atoms with E-state index in [1.807, 2.05) is 42.5 Å². The minimum absolute atomic E-state index is 0.0679. The largest absolute Gasteiger partial charge is 0.480 e. The molecule has 0 unspecified atom stereocenters. The molecule has 9 heteroatoms. The SMILES string of the molecule is O=C(N[C@@H](Cc1ccc(N2CCC(Nc3ccccn3)CC2)cc1)C(=O)O)c1c(Cl)cccc1Cl. The molecule has 4 rings (SSSR count). The summed E-state index contributed by atoms with van der Waals surface area (Å²) in [5.41, 5.74) is 1.96. The predicted molar refractivity (Wildman–Crippen MR) is 139 cm³/mol. The lowest BCUT2D eigenvalue weighted by atomic mass is 10.0. The second-order valence-corrected chi connectivity index (χ2v) is 9.27. The van der Waals surface area contributed by atoms with Crippen molar-refractivity contribution in [3.8, 4) is 0 Å². The van der Waals surface area contributed by atoms with Gasteiger partial charge in [-0.1, -0.05) is 47.5 Å². The van der Waals surface area contributed by atoms with Crippen LogP contribution in [0, 0.1) is 0 Å². The van der Waals surface area contributed by atoms with E-state index in [-0.39, 0.29) is 22.0 Å². The number of hydrogen-bond acceptors (Lipinski definition) is 5. The van der Waals surface area contributed by atoms with Crippen LogP contribution in [0.1, 0.15) is 28.8 Å². The van der Waals surface area contributed by atoms with E-state index in [0.717, 1.165) is 43.0 Å². The summed E-state index contributed by atoms with van der Waals surface area (Å²) in [6, 6.07) is 17.6. The van der Waals surface area contributed by atoms with Crippen molar-refractivity contribution in [1.82, 2.24) is 10.3 Å². The fourth-order valence-electron chi connectivity index (χ4n) is 4.16. The van der Waals surface area contributed by atoms with Crippen LogP contribution in [0.5, 0.6) is 0 Å². The number of carbonyl (C=O) groups is 2. The molecule has 35 heavy (non-hydrogen) atoms. The minimum Gasteiger partial charge on any atom is -0.480 e. The number of rotatable bonds is 8. The molecule has 1 aromatic heterocycles. The summed E-state index contributed by atoms with van der Waals surface area (Å²) in [4.78, 5) is 31.1. The average Bonchev–Trinajstić information content (AvgIpc) is 2.85. The number of pyridine rings is 1. The van der Waals surface area contributed by atoms with Crippen LogP contribution in [0.3, 0.4) is 0 Å². The second kappa shape index (κ2) is 11.4. The zero-order valence-corrected chi connectivity index (χ0v) is 20.5. The number of halogens is 2. The Labute approximate surface area is 214 Å². The molecule has 2 aromatic carbocycles. The van der Waals surface area contributed by atoms with Gasteiger partial charge in [-0.3, -0.25) is 4.79 Å². The van der Waals surface area contributed by atoms with Crippen molar-refractivity contribution in [2.75, 3.05) is 23.3 Å². The van der Waals surface area contributed by atoms with Gasteiger partial charge in [0.25, 0.3) is 5.91 Å². The molecule has 0 radical (unpaired) electrons. The third-order valence-electron chi connectivity index (χ3n) is 6.05. The van der Waals surface area contributed by atoms with Crippen molar-refractivity contribution >= 4 is 46.6 Å². The number of aromatic nitrogens is 1. The highest BCUT2D eigenvalue weighted by Crippen LogP contribution is 2.25. The number of anilines is 2. The van der Waals surface area contributed by atoms with E-state index in [4.69, 9.17) is 23.2 Å². The summed E-state index contributed by atoms with van der Waals surface area (Å²) in [5.74, 6) is -0.855. The van der Waals surface area contributed by atoms with Gasteiger partial charge in [-0.05, 0) is 54.8 Å². The smallest absolute Gasteiger partial charge is 0.326 e. The van der Waals surface area contributed by atoms with Gasteiger partial charge in [0, 0.05) is 37.4 Å². The van der Waals surface area contributed by atoms with E-state index in [2.05, 4.69) is 20.5 Å². The van der Waals surface area contributed by atoms with Gasteiger partial charge in [0.05, 0.1) is 15.6 Å².